The first kappa shape index (κ1) is 13.6. The molecule has 0 amide bonds. The number of thiazole rings is 1. The SMILES string of the molecule is CCN(Cc1ccccc1)c1nc2c(s1)CCCC2O. The van der Waals surface area contributed by atoms with Gasteiger partial charge >= 0.3 is 0 Å². The second-order valence-electron chi connectivity index (χ2n) is 5.21. The minimum atomic E-state index is -0.362. The summed E-state index contributed by atoms with van der Waals surface area (Å²) in [6, 6.07) is 10.5. The number of anilines is 1. The fraction of sp³-hybridized carbons (Fsp3) is 0.438. The second kappa shape index (κ2) is 5.94. The molecule has 2 aromatic rings. The zero-order valence-electron chi connectivity index (χ0n) is 11.7. The molecule has 0 saturated heterocycles. The van der Waals surface area contributed by atoms with Crippen LogP contribution >= 0.6 is 11.3 Å². The van der Waals surface area contributed by atoms with Crippen LogP contribution < -0.4 is 4.90 Å². The molecule has 4 heteroatoms. The van der Waals surface area contributed by atoms with Crippen LogP contribution in [0.15, 0.2) is 30.3 Å². The van der Waals surface area contributed by atoms with E-state index >= 15 is 0 Å². The van der Waals surface area contributed by atoms with Gasteiger partial charge in [-0.1, -0.05) is 30.3 Å². The summed E-state index contributed by atoms with van der Waals surface area (Å²) in [7, 11) is 0. The van der Waals surface area contributed by atoms with E-state index < -0.39 is 0 Å². The molecule has 0 bridgehead atoms. The van der Waals surface area contributed by atoms with Crippen LogP contribution in [0.1, 0.15) is 42.0 Å². The summed E-state index contributed by atoms with van der Waals surface area (Å²) < 4.78 is 0. The van der Waals surface area contributed by atoms with Gasteiger partial charge in [-0.15, -0.1) is 11.3 Å². The Morgan fingerprint density at radius 1 is 1.35 bits per heavy atom. The molecule has 1 unspecified atom stereocenters. The average Bonchev–Trinajstić information content (AvgIpc) is 2.91. The molecule has 1 aromatic carbocycles. The molecule has 0 spiro atoms. The first-order valence-electron chi connectivity index (χ1n) is 7.24. The highest BCUT2D eigenvalue weighted by Crippen LogP contribution is 2.36. The maximum absolute atomic E-state index is 10.0. The number of aromatic nitrogens is 1. The average molecular weight is 288 g/mol. The number of aliphatic hydroxyl groups excluding tert-OH is 1. The zero-order valence-corrected chi connectivity index (χ0v) is 12.6. The highest BCUT2D eigenvalue weighted by molar-refractivity contribution is 7.15. The van der Waals surface area contributed by atoms with E-state index in [1.807, 2.05) is 6.07 Å². The van der Waals surface area contributed by atoms with Gasteiger partial charge in [0.25, 0.3) is 0 Å². The molecular weight excluding hydrogens is 268 g/mol. The summed E-state index contributed by atoms with van der Waals surface area (Å²) in [5.41, 5.74) is 2.21. The molecule has 1 aliphatic carbocycles. The second-order valence-corrected chi connectivity index (χ2v) is 6.27. The van der Waals surface area contributed by atoms with Gasteiger partial charge < -0.3 is 10.0 Å². The number of rotatable bonds is 4. The van der Waals surface area contributed by atoms with Crippen LogP contribution in [-0.2, 0) is 13.0 Å². The normalized spacial score (nSPS) is 17.8. The summed E-state index contributed by atoms with van der Waals surface area (Å²) in [5.74, 6) is 0. The summed E-state index contributed by atoms with van der Waals surface area (Å²) >= 11 is 1.75. The van der Waals surface area contributed by atoms with Crippen LogP contribution in [-0.4, -0.2) is 16.6 Å². The van der Waals surface area contributed by atoms with Crippen LogP contribution in [0.2, 0.25) is 0 Å². The predicted molar refractivity (Wildman–Crippen MR) is 83.2 cm³/mol. The lowest BCUT2D eigenvalue weighted by atomic mass is 10.0. The molecule has 0 saturated carbocycles. The molecule has 0 fully saturated rings. The first-order valence-corrected chi connectivity index (χ1v) is 8.06. The van der Waals surface area contributed by atoms with Gasteiger partial charge in [-0.25, -0.2) is 4.98 Å². The fourth-order valence-corrected chi connectivity index (χ4v) is 3.86. The highest BCUT2D eigenvalue weighted by Gasteiger charge is 2.24. The van der Waals surface area contributed by atoms with E-state index in [0.717, 1.165) is 43.2 Å². The molecule has 20 heavy (non-hydrogen) atoms. The number of fused-ring (bicyclic) bond motifs is 1. The number of aryl methyl sites for hydroxylation is 1. The Labute approximate surface area is 123 Å². The van der Waals surface area contributed by atoms with E-state index in [9.17, 15) is 5.11 Å². The van der Waals surface area contributed by atoms with Crippen LogP contribution in [0.25, 0.3) is 0 Å². The van der Waals surface area contributed by atoms with Crippen molar-refractivity contribution in [3.8, 4) is 0 Å². The number of nitrogens with zero attached hydrogens (tertiary/aromatic N) is 2. The Hall–Kier alpha value is -1.39. The summed E-state index contributed by atoms with van der Waals surface area (Å²) in [6.07, 6.45) is 2.62. The standard InChI is InChI=1S/C16H20N2OS/c1-2-18(11-12-7-4-3-5-8-12)16-17-15-13(19)9-6-10-14(15)20-16/h3-5,7-8,13,19H,2,6,9-11H2,1H3. The lowest BCUT2D eigenvalue weighted by Gasteiger charge is -2.19. The maximum Gasteiger partial charge on any atom is 0.186 e. The van der Waals surface area contributed by atoms with Gasteiger partial charge in [0.2, 0.25) is 0 Å². The number of hydrogen-bond acceptors (Lipinski definition) is 4. The summed E-state index contributed by atoms with van der Waals surface area (Å²) in [6.45, 7) is 3.96. The van der Waals surface area contributed by atoms with Crippen molar-refractivity contribution in [2.75, 3.05) is 11.4 Å². The van der Waals surface area contributed by atoms with Crippen LogP contribution in [0.5, 0.6) is 0 Å². The van der Waals surface area contributed by atoms with Crippen molar-refractivity contribution in [1.29, 1.82) is 0 Å². The Morgan fingerprint density at radius 3 is 2.85 bits per heavy atom. The van der Waals surface area contributed by atoms with E-state index in [-0.39, 0.29) is 6.10 Å². The topological polar surface area (TPSA) is 36.4 Å². The van der Waals surface area contributed by atoms with E-state index in [2.05, 4.69) is 36.1 Å². The summed E-state index contributed by atoms with van der Waals surface area (Å²) in [4.78, 5) is 8.25. The fourth-order valence-electron chi connectivity index (χ4n) is 2.64. The van der Waals surface area contributed by atoms with Crippen molar-refractivity contribution in [2.45, 2.75) is 38.8 Å². The molecule has 0 aliphatic heterocycles. The summed E-state index contributed by atoms with van der Waals surface area (Å²) in [5, 5.41) is 11.1. The minimum absolute atomic E-state index is 0.362. The third-order valence-electron chi connectivity index (χ3n) is 3.78. The molecule has 106 valence electrons. The van der Waals surface area contributed by atoms with Gasteiger partial charge in [0.1, 0.15) is 0 Å². The van der Waals surface area contributed by atoms with Gasteiger partial charge in [0, 0.05) is 18.0 Å². The van der Waals surface area contributed by atoms with Gasteiger partial charge in [0.05, 0.1) is 11.8 Å². The van der Waals surface area contributed by atoms with Crippen molar-refractivity contribution in [2.24, 2.45) is 0 Å². The molecule has 1 heterocycles. The predicted octanol–water partition coefficient (Wildman–Crippen LogP) is 3.54. The molecule has 1 aromatic heterocycles. The monoisotopic (exact) mass is 288 g/mol. The molecule has 1 aliphatic rings. The van der Waals surface area contributed by atoms with E-state index in [0.29, 0.717) is 0 Å². The number of hydrogen-bond donors (Lipinski definition) is 1. The Morgan fingerprint density at radius 2 is 2.15 bits per heavy atom. The molecule has 1 atom stereocenters. The number of benzene rings is 1. The van der Waals surface area contributed by atoms with Crippen LogP contribution in [0, 0.1) is 0 Å². The quantitative estimate of drug-likeness (QED) is 0.935. The smallest absolute Gasteiger partial charge is 0.186 e. The van der Waals surface area contributed by atoms with Crippen molar-refractivity contribution >= 4 is 16.5 Å². The van der Waals surface area contributed by atoms with E-state index in [1.54, 1.807) is 11.3 Å². The van der Waals surface area contributed by atoms with Gasteiger partial charge in [-0.2, -0.15) is 0 Å². The Bertz CT molecular complexity index is 567. The molecular formula is C16H20N2OS. The molecule has 0 radical (unpaired) electrons. The van der Waals surface area contributed by atoms with E-state index in [1.165, 1.54) is 10.4 Å². The maximum atomic E-state index is 10.0. The van der Waals surface area contributed by atoms with Crippen molar-refractivity contribution in [3.05, 3.63) is 46.5 Å². The number of aliphatic hydroxyl groups is 1. The third-order valence-corrected chi connectivity index (χ3v) is 4.97. The zero-order chi connectivity index (χ0) is 13.9. The lowest BCUT2D eigenvalue weighted by Crippen LogP contribution is -2.21. The van der Waals surface area contributed by atoms with E-state index in [4.69, 9.17) is 4.98 Å². The van der Waals surface area contributed by atoms with Crippen molar-refractivity contribution in [1.82, 2.24) is 4.98 Å². The largest absolute Gasteiger partial charge is 0.387 e. The third kappa shape index (κ3) is 2.72. The first-order chi connectivity index (χ1) is 9.78. The van der Waals surface area contributed by atoms with Gasteiger partial charge in [-0.3, -0.25) is 0 Å². The molecule has 3 nitrogen and oxygen atoms in total. The Kier molecular flexibility index (Phi) is 4.03. The van der Waals surface area contributed by atoms with Gasteiger partial charge in [-0.05, 0) is 31.7 Å². The Balaban J connectivity index is 1.83. The van der Waals surface area contributed by atoms with Gasteiger partial charge in [0.15, 0.2) is 5.13 Å². The lowest BCUT2D eigenvalue weighted by molar-refractivity contribution is 0.153. The van der Waals surface area contributed by atoms with Crippen molar-refractivity contribution < 1.29 is 5.11 Å². The van der Waals surface area contributed by atoms with Crippen molar-refractivity contribution in [3.63, 3.8) is 0 Å². The van der Waals surface area contributed by atoms with Crippen LogP contribution in [0.3, 0.4) is 0 Å². The molecule has 1 N–H and O–H groups in total. The minimum Gasteiger partial charge on any atom is -0.387 e. The van der Waals surface area contributed by atoms with Crippen LogP contribution in [0.4, 0.5) is 5.13 Å². The highest BCUT2D eigenvalue weighted by atomic mass is 32.1. The molecule has 3 rings (SSSR count).